The summed E-state index contributed by atoms with van der Waals surface area (Å²) in [5.41, 5.74) is -0.532. The standard InChI is InChI=1S/C27H31N5O3/c1-2-26(14-8-4-9-15-26)30-24(34)27(16-10-5-11-17-27)35-19-21-18-22(33)32-25(28-21)29-23(31-32)20-12-6-3-7-13-20/h1,3,6-7,12-13,18H,4-5,8-11,14-17,19H2,(H,30,34)(H,28,29,31). The average Bonchev–Trinajstić information content (AvgIpc) is 3.34. The fourth-order valence-corrected chi connectivity index (χ4v) is 5.29. The Labute approximate surface area is 204 Å². The molecule has 2 heterocycles. The van der Waals surface area contributed by atoms with E-state index in [9.17, 15) is 9.59 Å². The van der Waals surface area contributed by atoms with Crippen LogP contribution in [0.5, 0.6) is 0 Å². The SMILES string of the molecule is C#CC1(NC(=O)C2(OCc3cc(=O)n4[nH]c(-c5ccccc5)nc4n3)CCCCC2)CCCCC1. The van der Waals surface area contributed by atoms with Crippen LogP contribution < -0.4 is 10.9 Å². The van der Waals surface area contributed by atoms with E-state index in [0.717, 1.165) is 56.9 Å². The first-order valence-corrected chi connectivity index (χ1v) is 12.5. The molecule has 8 nitrogen and oxygen atoms in total. The fourth-order valence-electron chi connectivity index (χ4n) is 5.29. The molecule has 0 bridgehead atoms. The lowest BCUT2D eigenvalue weighted by atomic mass is 9.79. The maximum Gasteiger partial charge on any atom is 0.274 e. The quantitative estimate of drug-likeness (QED) is 0.531. The van der Waals surface area contributed by atoms with Gasteiger partial charge in [-0.05, 0) is 25.7 Å². The predicted octanol–water partition coefficient (Wildman–Crippen LogP) is 3.76. The molecular weight excluding hydrogens is 442 g/mol. The van der Waals surface area contributed by atoms with Gasteiger partial charge in [0.05, 0.1) is 12.3 Å². The highest BCUT2D eigenvalue weighted by Crippen LogP contribution is 2.35. The molecule has 2 saturated carbocycles. The summed E-state index contributed by atoms with van der Waals surface area (Å²) in [6.07, 6.45) is 14.8. The van der Waals surface area contributed by atoms with Gasteiger partial charge in [-0.3, -0.25) is 14.7 Å². The van der Waals surface area contributed by atoms with E-state index in [-0.39, 0.29) is 23.9 Å². The second kappa shape index (κ2) is 9.67. The van der Waals surface area contributed by atoms with Gasteiger partial charge in [0.2, 0.25) is 0 Å². The Bertz CT molecular complexity index is 1290. The summed E-state index contributed by atoms with van der Waals surface area (Å²) >= 11 is 0. The third-order valence-corrected chi connectivity index (χ3v) is 7.34. The highest BCUT2D eigenvalue weighted by molar-refractivity contribution is 5.86. The molecule has 0 unspecified atom stereocenters. The van der Waals surface area contributed by atoms with Gasteiger partial charge >= 0.3 is 0 Å². The monoisotopic (exact) mass is 473 g/mol. The third-order valence-electron chi connectivity index (χ3n) is 7.34. The van der Waals surface area contributed by atoms with Crippen molar-refractivity contribution in [3.8, 4) is 23.7 Å². The van der Waals surface area contributed by atoms with Crippen LogP contribution >= 0.6 is 0 Å². The Morgan fingerprint density at radius 1 is 1.06 bits per heavy atom. The first kappa shape index (κ1) is 23.3. The van der Waals surface area contributed by atoms with E-state index in [0.29, 0.717) is 24.4 Å². The van der Waals surface area contributed by atoms with Crippen molar-refractivity contribution in [3.05, 3.63) is 52.4 Å². The van der Waals surface area contributed by atoms with Crippen molar-refractivity contribution in [1.82, 2.24) is 24.9 Å². The maximum absolute atomic E-state index is 13.6. The lowest BCUT2D eigenvalue weighted by Crippen LogP contribution is -2.58. The second-order valence-electron chi connectivity index (χ2n) is 9.74. The van der Waals surface area contributed by atoms with Gasteiger partial charge in [-0.1, -0.05) is 74.8 Å². The molecule has 1 amide bonds. The van der Waals surface area contributed by atoms with Gasteiger partial charge in [0.15, 0.2) is 5.82 Å². The number of nitrogens with zero attached hydrogens (tertiary/aromatic N) is 3. The summed E-state index contributed by atoms with van der Waals surface area (Å²) in [6.45, 7) is 0.0513. The fraction of sp³-hybridized carbons (Fsp3) is 0.481. The number of aromatic amines is 1. The van der Waals surface area contributed by atoms with Gasteiger partial charge in [-0.15, -0.1) is 6.42 Å². The van der Waals surface area contributed by atoms with Gasteiger partial charge in [0.1, 0.15) is 11.1 Å². The Kier molecular flexibility index (Phi) is 6.44. The predicted molar refractivity (Wildman–Crippen MR) is 132 cm³/mol. The number of aromatic nitrogens is 4. The molecule has 8 heteroatoms. The summed E-state index contributed by atoms with van der Waals surface area (Å²) in [5.74, 6) is 3.56. The van der Waals surface area contributed by atoms with Crippen molar-refractivity contribution in [2.45, 2.75) is 82.0 Å². The van der Waals surface area contributed by atoms with E-state index < -0.39 is 11.1 Å². The molecule has 2 aromatic heterocycles. The largest absolute Gasteiger partial charge is 0.359 e. The molecule has 3 aromatic rings. The van der Waals surface area contributed by atoms with Crippen molar-refractivity contribution < 1.29 is 9.53 Å². The number of rotatable bonds is 6. The second-order valence-corrected chi connectivity index (χ2v) is 9.74. The van der Waals surface area contributed by atoms with Crippen LogP contribution in [0.15, 0.2) is 41.2 Å². The van der Waals surface area contributed by atoms with Crippen LogP contribution in [-0.4, -0.2) is 36.6 Å². The Balaban J connectivity index is 1.37. The zero-order chi connectivity index (χ0) is 24.3. The van der Waals surface area contributed by atoms with Crippen molar-refractivity contribution in [2.24, 2.45) is 0 Å². The molecule has 1 aromatic carbocycles. The van der Waals surface area contributed by atoms with Crippen molar-refractivity contribution >= 4 is 11.7 Å². The molecule has 2 aliphatic carbocycles. The summed E-state index contributed by atoms with van der Waals surface area (Å²) in [5, 5.41) is 6.19. The highest BCUT2D eigenvalue weighted by Gasteiger charge is 2.44. The van der Waals surface area contributed by atoms with E-state index in [1.54, 1.807) is 0 Å². The molecule has 5 rings (SSSR count). The number of nitrogens with one attached hydrogen (secondary N) is 2. The Hall–Kier alpha value is -3.44. The smallest absolute Gasteiger partial charge is 0.274 e. The molecule has 35 heavy (non-hydrogen) atoms. The summed E-state index contributed by atoms with van der Waals surface area (Å²) < 4.78 is 7.63. The Morgan fingerprint density at radius 2 is 1.74 bits per heavy atom. The van der Waals surface area contributed by atoms with Crippen LogP contribution in [-0.2, 0) is 16.1 Å². The number of hydrogen-bond donors (Lipinski definition) is 2. The number of benzene rings is 1. The summed E-state index contributed by atoms with van der Waals surface area (Å²) in [4.78, 5) is 35.3. The minimum atomic E-state index is -0.965. The first-order chi connectivity index (χ1) is 17.0. The number of hydrogen-bond acceptors (Lipinski definition) is 5. The minimum Gasteiger partial charge on any atom is -0.359 e. The number of terminal acetylenes is 1. The van der Waals surface area contributed by atoms with Crippen molar-refractivity contribution in [1.29, 1.82) is 0 Å². The zero-order valence-corrected chi connectivity index (χ0v) is 19.9. The molecule has 182 valence electrons. The van der Waals surface area contributed by atoms with E-state index in [1.807, 2.05) is 30.3 Å². The van der Waals surface area contributed by atoms with Crippen LogP contribution in [0.4, 0.5) is 0 Å². The van der Waals surface area contributed by atoms with Crippen LogP contribution in [0.25, 0.3) is 17.2 Å². The number of carbonyl (C=O) groups excluding carboxylic acids is 1. The van der Waals surface area contributed by atoms with Crippen LogP contribution in [0.3, 0.4) is 0 Å². The molecule has 0 atom stereocenters. The van der Waals surface area contributed by atoms with Gasteiger partial charge in [0, 0.05) is 11.6 Å². The summed E-state index contributed by atoms with van der Waals surface area (Å²) in [6, 6.07) is 11.0. The van der Waals surface area contributed by atoms with Gasteiger partial charge in [-0.2, -0.15) is 9.50 Å². The number of amides is 1. The van der Waals surface area contributed by atoms with E-state index in [2.05, 4.69) is 26.3 Å². The molecule has 2 fully saturated rings. The topological polar surface area (TPSA) is 101 Å². The molecule has 0 radical (unpaired) electrons. The highest BCUT2D eigenvalue weighted by atomic mass is 16.5. The molecule has 2 aliphatic rings. The lowest BCUT2D eigenvalue weighted by Gasteiger charge is -2.40. The van der Waals surface area contributed by atoms with E-state index in [1.165, 1.54) is 10.6 Å². The van der Waals surface area contributed by atoms with Gasteiger partial charge in [0.25, 0.3) is 17.2 Å². The molecule has 2 N–H and O–H groups in total. The maximum atomic E-state index is 13.6. The normalized spacial score (nSPS) is 19.2. The van der Waals surface area contributed by atoms with E-state index in [4.69, 9.17) is 11.2 Å². The van der Waals surface area contributed by atoms with Crippen molar-refractivity contribution in [2.75, 3.05) is 0 Å². The van der Waals surface area contributed by atoms with Crippen LogP contribution in [0.2, 0.25) is 0 Å². The molecule has 0 spiro atoms. The molecular formula is C27H31N5O3. The number of carbonyl (C=O) groups is 1. The third kappa shape index (κ3) is 4.73. The Morgan fingerprint density at radius 3 is 2.43 bits per heavy atom. The van der Waals surface area contributed by atoms with Crippen molar-refractivity contribution in [3.63, 3.8) is 0 Å². The number of fused-ring (bicyclic) bond motifs is 1. The lowest BCUT2D eigenvalue weighted by molar-refractivity contribution is -0.156. The van der Waals surface area contributed by atoms with Crippen LogP contribution in [0.1, 0.15) is 69.9 Å². The summed E-state index contributed by atoms with van der Waals surface area (Å²) in [7, 11) is 0. The van der Waals surface area contributed by atoms with Gasteiger partial charge < -0.3 is 10.1 Å². The average molecular weight is 474 g/mol. The minimum absolute atomic E-state index is 0.0513. The van der Waals surface area contributed by atoms with Gasteiger partial charge in [-0.25, -0.2) is 4.98 Å². The molecule has 0 saturated heterocycles. The number of H-pyrrole nitrogens is 1. The zero-order valence-electron chi connectivity index (χ0n) is 19.9. The number of ether oxygens (including phenoxy) is 1. The van der Waals surface area contributed by atoms with Crippen LogP contribution in [0, 0.1) is 12.3 Å². The first-order valence-electron chi connectivity index (χ1n) is 12.5. The molecule has 0 aliphatic heterocycles. The van der Waals surface area contributed by atoms with E-state index >= 15 is 0 Å².